The van der Waals surface area contributed by atoms with E-state index in [0.717, 1.165) is 161 Å². The summed E-state index contributed by atoms with van der Waals surface area (Å²) in [5.41, 5.74) is -2.57. The van der Waals surface area contributed by atoms with E-state index in [0.29, 0.717) is 25.7 Å². The zero-order valence-electron chi connectivity index (χ0n) is 65.7. The van der Waals surface area contributed by atoms with Crippen LogP contribution in [0.3, 0.4) is 0 Å². The predicted octanol–water partition coefficient (Wildman–Crippen LogP) is 19.2. The molecule has 606 valence electrons. The van der Waals surface area contributed by atoms with Gasteiger partial charge in [0.1, 0.15) is 42.4 Å². The number of carbonyl (C=O) groups excluding carboxylic acids is 3. The first-order valence-corrected chi connectivity index (χ1v) is 43.2. The molecule has 2 rings (SSSR count). The van der Waals surface area contributed by atoms with Crippen LogP contribution >= 0.6 is 15.6 Å². The number of aliphatic hydroxyl groups is 1. The van der Waals surface area contributed by atoms with Crippen LogP contribution in [0.4, 0.5) is 0 Å². The Labute approximate surface area is 629 Å². The van der Waals surface area contributed by atoms with E-state index in [-0.39, 0.29) is 77.6 Å². The SMILES string of the molecule is C=CCOP(=O)(OCC=C)O[C@H]1[C@H](OCC[C@H](CCCCCCC)OC)[C@@H](OC(=O)CCCCCCCCC/C=C\CCCCCC)[C@H](OC[C@H]2O[C@H](OCC)[C@](NC(=O)CC(=O)CCCCCCCCCCC)(OP(=O)(OCC=C)OCC=C)[C@@H](OCCCCCCCCCC)[C@@H]2O)O[C@@H]1COC. The molecular formula is C80H145NO21P2. The van der Waals surface area contributed by atoms with Crippen LogP contribution in [0.15, 0.2) is 62.8 Å². The molecule has 104 heavy (non-hydrogen) atoms. The Balaban J connectivity index is 2.83. The number of phosphoric acid groups is 2. The number of ketones is 1. The lowest BCUT2D eigenvalue weighted by Crippen LogP contribution is -2.75. The van der Waals surface area contributed by atoms with E-state index in [2.05, 4.69) is 71.5 Å². The van der Waals surface area contributed by atoms with Gasteiger partial charge in [0.15, 0.2) is 12.4 Å². The third-order valence-electron chi connectivity index (χ3n) is 18.5. The smallest absolute Gasteiger partial charge is 0.454 e. The van der Waals surface area contributed by atoms with Gasteiger partial charge in [0.2, 0.25) is 17.9 Å². The lowest BCUT2D eigenvalue weighted by molar-refractivity contribution is -0.360. The third kappa shape index (κ3) is 42.4. The average Bonchev–Trinajstić information content (AvgIpc) is 0.741. The highest BCUT2D eigenvalue weighted by Gasteiger charge is 2.64. The number of hydrogen-bond acceptors (Lipinski definition) is 21. The Kier molecular flexibility index (Phi) is 58.8. The Bertz CT molecular complexity index is 2300. The molecule has 0 saturated carbocycles. The monoisotopic (exact) mass is 1520 g/mol. The number of aliphatic hydroxyl groups excluding tert-OH is 1. The minimum Gasteiger partial charge on any atom is -0.454 e. The van der Waals surface area contributed by atoms with E-state index in [9.17, 15) is 24.1 Å². The summed E-state index contributed by atoms with van der Waals surface area (Å²) in [7, 11) is -6.33. The van der Waals surface area contributed by atoms with E-state index in [1.165, 1.54) is 82.8 Å². The third-order valence-corrected chi connectivity index (χ3v) is 21.4. The number of carbonyl (C=O) groups is 3. The fourth-order valence-corrected chi connectivity index (χ4v) is 15.4. The van der Waals surface area contributed by atoms with Crippen LogP contribution in [0.2, 0.25) is 0 Å². The predicted molar refractivity (Wildman–Crippen MR) is 411 cm³/mol. The maximum atomic E-state index is 15.1. The summed E-state index contributed by atoms with van der Waals surface area (Å²) in [5, 5.41) is 15.9. The minimum atomic E-state index is -4.88. The zero-order chi connectivity index (χ0) is 76.2. The molecule has 22 nitrogen and oxygen atoms in total. The number of Topliss-reactive ketones (excluding diaryl/α,β-unsaturated/α-hetero) is 1. The molecule has 2 N–H and O–H groups in total. The quantitative estimate of drug-likeness (QED) is 0.0143. The number of phosphoric ester groups is 2. The first kappa shape index (κ1) is 97.2. The van der Waals surface area contributed by atoms with Crippen LogP contribution in [0, 0.1) is 0 Å². The molecule has 0 aromatic carbocycles. The summed E-state index contributed by atoms with van der Waals surface area (Å²) in [6, 6.07) is 0. The van der Waals surface area contributed by atoms with Crippen molar-refractivity contribution in [1.29, 1.82) is 0 Å². The molecule has 0 unspecified atom stereocenters. The van der Waals surface area contributed by atoms with Crippen LogP contribution in [-0.4, -0.2) is 164 Å². The van der Waals surface area contributed by atoms with Crippen molar-refractivity contribution in [3.05, 3.63) is 62.8 Å². The van der Waals surface area contributed by atoms with E-state index in [1.54, 1.807) is 14.0 Å². The number of unbranched alkanes of at least 4 members (excludes halogenated alkanes) is 30. The summed E-state index contributed by atoms with van der Waals surface area (Å²) in [5.74, 6) is -1.82. The topological polar surface area (TPSA) is 256 Å². The molecule has 0 aromatic heterocycles. The number of allylic oxidation sites excluding steroid dienone is 2. The number of amides is 1. The highest BCUT2D eigenvalue weighted by atomic mass is 31.2. The maximum absolute atomic E-state index is 15.1. The highest BCUT2D eigenvalue weighted by Crippen LogP contribution is 2.56. The summed E-state index contributed by atoms with van der Waals surface area (Å²) in [4.78, 5) is 43.0. The molecule has 0 bridgehead atoms. The van der Waals surface area contributed by atoms with Gasteiger partial charge in [0.05, 0.1) is 52.2 Å². The van der Waals surface area contributed by atoms with E-state index >= 15 is 4.57 Å². The van der Waals surface area contributed by atoms with Crippen molar-refractivity contribution in [3.63, 3.8) is 0 Å². The van der Waals surface area contributed by atoms with Crippen molar-refractivity contribution in [1.82, 2.24) is 5.32 Å². The second-order valence-electron chi connectivity index (χ2n) is 27.6. The summed E-state index contributed by atoms with van der Waals surface area (Å²) in [6.45, 7) is 23.3. The zero-order valence-corrected chi connectivity index (χ0v) is 67.5. The lowest BCUT2D eigenvalue weighted by Gasteiger charge is -2.52. The van der Waals surface area contributed by atoms with Crippen LogP contribution < -0.4 is 5.32 Å². The van der Waals surface area contributed by atoms with Crippen LogP contribution in [0.25, 0.3) is 0 Å². The number of methoxy groups -OCH3 is 2. The van der Waals surface area contributed by atoms with Gasteiger partial charge in [0, 0.05) is 46.9 Å². The molecule has 24 heteroatoms. The van der Waals surface area contributed by atoms with Gasteiger partial charge >= 0.3 is 21.6 Å². The van der Waals surface area contributed by atoms with E-state index < -0.39 is 102 Å². The Morgan fingerprint density at radius 3 is 1.50 bits per heavy atom. The first-order valence-electron chi connectivity index (χ1n) is 40.3. The number of ether oxygens (including phenoxy) is 9. The van der Waals surface area contributed by atoms with Gasteiger partial charge in [-0.25, -0.2) is 9.13 Å². The van der Waals surface area contributed by atoms with Gasteiger partial charge in [-0.05, 0) is 64.7 Å². The molecule has 0 spiro atoms. The van der Waals surface area contributed by atoms with Gasteiger partial charge in [0.25, 0.3) is 0 Å². The van der Waals surface area contributed by atoms with Crippen LogP contribution in [0.1, 0.15) is 291 Å². The lowest BCUT2D eigenvalue weighted by atomic mass is 9.92. The second kappa shape index (κ2) is 62.9. The summed E-state index contributed by atoms with van der Waals surface area (Å²) >= 11 is 0. The summed E-state index contributed by atoms with van der Waals surface area (Å²) in [6.07, 6.45) is 32.8. The molecular weight excluding hydrogens is 1370 g/mol. The molecule has 2 saturated heterocycles. The van der Waals surface area contributed by atoms with Crippen molar-refractivity contribution >= 4 is 33.3 Å². The second-order valence-corrected chi connectivity index (χ2v) is 30.8. The Hall–Kier alpha value is -2.83. The number of rotatable bonds is 73. The molecule has 11 atom stereocenters. The number of esters is 1. The van der Waals surface area contributed by atoms with Gasteiger partial charge in [-0.2, -0.15) is 0 Å². The van der Waals surface area contributed by atoms with Crippen molar-refractivity contribution in [2.24, 2.45) is 0 Å². The van der Waals surface area contributed by atoms with Crippen LogP contribution in [-0.2, 0) is 93.3 Å². The van der Waals surface area contributed by atoms with Gasteiger partial charge in [-0.1, -0.05) is 244 Å². The summed E-state index contributed by atoms with van der Waals surface area (Å²) < 4.78 is 124. The molecule has 0 aliphatic carbocycles. The van der Waals surface area contributed by atoms with Crippen molar-refractivity contribution in [3.8, 4) is 0 Å². The molecule has 2 heterocycles. The number of hydrogen-bond donors (Lipinski definition) is 2. The molecule has 0 aromatic rings. The number of nitrogens with one attached hydrogen (secondary N) is 1. The molecule has 0 radical (unpaired) electrons. The first-order chi connectivity index (χ1) is 50.6. The Morgan fingerprint density at radius 2 is 0.990 bits per heavy atom. The fourth-order valence-electron chi connectivity index (χ4n) is 12.7. The van der Waals surface area contributed by atoms with E-state index in [1.807, 2.05) is 0 Å². The maximum Gasteiger partial charge on any atom is 0.477 e. The standard InChI is InChI=1S/C80H145NO21P2/c1-12-21-25-29-32-35-36-37-38-39-40-42-44-48-52-56-72(84)100-76-75(91-63-57-68(89-11)55-51-46-28-24-15-4)74(101-103(86,94-58-16-5)95-59-17-6)70(65-88-10)98-78(76)93-66-69-73(85)77(92-62-53-49-45-34-31-27-23-14-3)80(79(99-69)90-20-9,102-104(87,96-60-18-7)97-61-19-8)81-71(83)64-67(82)54-50-47-43-41-33-30-26-22-13-2/h16-19,35-36,68-70,73-79,85H,5-8,12-15,20-34,37-66H2,1-4,9-11H3,(H,81,83)/b36-35-/t68-,69+,70+,73+,74+,75-,76+,77-,78+,79-,80+/m0/s1. The largest absolute Gasteiger partial charge is 0.477 e. The van der Waals surface area contributed by atoms with Crippen molar-refractivity contribution < 1.29 is 98.4 Å². The van der Waals surface area contributed by atoms with Gasteiger partial charge < -0.3 is 53.1 Å². The highest BCUT2D eigenvalue weighted by molar-refractivity contribution is 7.48. The van der Waals surface area contributed by atoms with Crippen molar-refractivity contribution in [2.75, 3.05) is 73.7 Å². The van der Waals surface area contributed by atoms with Crippen LogP contribution in [0.5, 0.6) is 0 Å². The molecule has 2 aliphatic heterocycles. The Morgan fingerprint density at radius 1 is 0.510 bits per heavy atom. The molecule has 2 aliphatic rings. The molecule has 1 amide bonds. The van der Waals surface area contributed by atoms with Gasteiger partial charge in [-0.15, -0.1) is 26.3 Å². The van der Waals surface area contributed by atoms with E-state index in [4.69, 9.17) is 69.8 Å². The normalized spacial score (nSPS) is 21.8. The van der Waals surface area contributed by atoms with Crippen molar-refractivity contribution in [2.45, 2.75) is 359 Å². The fraction of sp³-hybridized carbons (Fsp3) is 0.838. The van der Waals surface area contributed by atoms with Gasteiger partial charge in [-0.3, -0.25) is 41.5 Å². The molecule has 2 fully saturated rings. The minimum absolute atomic E-state index is 0.00728. The average molecular weight is 1520 g/mol.